The molecule has 6 nitrogen and oxygen atoms in total. The average molecular weight is 359 g/mol. The number of anilines is 1. The lowest BCUT2D eigenvalue weighted by atomic mass is 9.99. The van der Waals surface area contributed by atoms with E-state index in [9.17, 15) is 5.26 Å². The average Bonchev–Trinajstić information content (AvgIpc) is 2.74. The van der Waals surface area contributed by atoms with Crippen LogP contribution in [0.15, 0.2) is 42.9 Å². The van der Waals surface area contributed by atoms with Crippen molar-refractivity contribution in [3.63, 3.8) is 0 Å². The number of nitriles is 1. The minimum absolute atomic E-state index is 0.347. The first-order valence-corrected chi connectivity index (χ1v) is 9.08. The second kappa shape index (κ2) is 7.60. The molecule has 6 heteroatoms. The number of hydrogen-bond acceptors (Lipinski definition) is 6. The molecular weight excluding hydrogens is 338 g/mol. The van der Waals surface area contributed by atoms with Crippen LogP contribution in [0, 0.1) is 11.3 Å². The number of aromatic nitrogens is 2. The van der Waals surface area contributed by atoms with Gasteiger partial charge in [-0.3, -0.25) is 4.98 Å². The summed E-state index contributed by atoms with van der Waals surface area (Å²) in [6.07, 6.45) is 7.63. The van der Waals surface area contributed by atoms with Crippen molar-refractivity contribution in [2.75, 3.05) is 25.5 Å². The number of rotatable bonds is 4. The number of methoxy groups -OCH3 is 1. The molecule has 0 unspecified atom stereocenters. The Kier molecular flexibility index (Phi) is 4.86. The van der Waals surface area contributed by atoms with E-state index in [0.717, 1.165) is 53.5 Å². The molecule has 0 bridgehead atoms. The Hall–Kier alpha value is -3.17. The first-order valence-electron chi connectivity index (χ1n) is 9.08. The minimum atomic E-state index is 0.347. The smallest absolute Gasteiger partial charge is 0.231 e. The van der Waals surface area contributed by atoms with Gasteiger partial charge in [-0.1, -0.05) is 0 Å². The maximum absolute atomic E-state index is 9.37. The van der Waals surface area contributed by atoms with Gasteiger partial charge in [0.1, 0.15) is 11.6 Å². The molecule has 0 aliphatic carbocycles. The van der Waals surface area contributed by atoms with Crippen LogP contribution in [0.25, 0.3) is 21.9 Å². The molecular formula is C21H21N5O. The van der Waals surface area contributed by atoms with Gasteiger partial charge in [0, 0.05) is 41.3 Å². The van der Waals surface area contributed by atoms with Crippen molar-refractivity contribution < 1.29 is 4.74 Å². The van der Waals surface area contributed by atoms with Crippen molar-refractivity contribution in [1.29, 1.82) is 5.26 Å². The summed E-state index contributed by atoms with van der Waals surface area (Å²) < 4.78 is 5.16. The number of nitrogens with zero attached hydrogens (tertiary/aromatic N) is 3. The molecule has 4 rings (SSSR count). The van der Waals surface area contributed by atoms with Crippen LogP contribution in [0.1, 0.15) is 18.4 Å². The van der Waals surface area contributed by atoms with Crippen LogP contribution < -0.4 is 15.4 Å². The van der Waals surface area contributed by atoms with Crippen LogP contribution in [0.3, 0.4) is 0 Å². The second-order valence-electron chi connectivity index (χ2n) is 6.68. The molecule has 1 aliphatic heterocycles. The summed E-state index contributed by atoms with van der Waals surface area (Å²) in [4.78, 5) is 8.58. The second-order valence-corrected chi connectivity index (χ2v) is 6.68. The standard InChI is InChI=1S/C21H21N5O/c1-27-21-16(11-22)9-17(12-25-21)15-8-14-2-5-24-13-19(14)20(10-15)26-18-3-6-23-7-4-18/h2,5,8-10,12-13,18,23,26H,3-4,6-7H2,1H3. The highest BCUT2D eigenvalue weighted by Gasteiger charge is 2.15. The summed E-state index contributed by atoms with van der Waals surface area (Å²) in [5.74, 6) is 0.347. The highest BCUT2D eigenvalue weighted by atomic mass is 16.5. The van der Waals surface area contributed by atoms with Gasteiger partial charge in [-0.25, -0.2) is 4.98 Å². The Balaban J connectivity index is 1.78. The van der Waals surface area contributed by atoms with Crippen LogP contribution in [-0.4, -0.2) is 36.2 Å². The molecule has 1 aromatic carbocycles. The predicted molar refractivity (Wildman–Crippen MR) is 106 cm³/mol. The van der Waals surface area contributed by atoms with Crippen LogP contribution in [0.5, 0.6) is 5.88 Å². The number of nitrogens with one attached hydrogen (secondary N) is 2. The summed E-state index contributed by atoms with van der Waals surface area (Å²) in [7, 11) is 1.52. The van der Waals surface area contributed by atoms with Gasteiger partial charge in [-0.2, -0.15) is 5.26 Å². The van der Waals surface area contributed by atoms with Gasteiger partial charge >= 0.3 is 0 Å². The van der Waals surface area contributed by atoms with Crippen molar-refractivity contribution in [3.8, 4) is 23.1 Å². The molecule has 0 radical (unpaired) electrons. The summed E-state index contributed by atoms with van der Waals surface area (Å²) >= 11 is 0. The van der Waals surface area contributed by atoms with Gasteiger partial charge in [-0.15, -0.1) is 0 Å². The SMILES string of the molecule is COc1ncc(-c2cc(NC3CCNCC3)c3cnccc3c2)cc1C#N. The molecule has 1 aliphatic rings. The number of fused-ring (bicyclic) bond motifs is 1. The van der Waals surface area contributed by atoms with E-state index in [2.05, 4.69) is 38.8 Å². The van der Waals surface area contributed by atoms with Crippen molar-refractivity contribution in [3.05, 3.63) is 48.4 Å². The monoisotopic (exact) mass is 359 g/mol. The van der Waals surface area contributed by atoms with Crippen LogP contribution in [-0.2, 0) is 0 Å². The maximum atomic E-state index is 9.37. The third-order valence-electron chi connectivity index (χ3n) is 4.95. The Labute approximate surface area is 158 Å². The molecule has 3 heterocycles. The van der Waals surface area contributed by atoms with Gasteiger partial charge in [0.25, 0.3) is 0 Å². The largest absolute Gasteiger partial charge is 0.480 e. The molecule has 3 aromatic rings. The number of benzene rings is 1. The Morgan fingerprint density at radius 2 is 2.04 bits per heavy atom. The van der Waals surface area contributed by atoms with Gasteiger partial charge in [0.05, 0.1) is 7.11 Å². The third kappa shape index (κ3) is 3.55. The lowest BCUT2D eigenvalue weighted by Gasteiger charge is -2.25. The zero-order valence-corrected chi connectivity index (χ0v) is 15.2. The normalized spacial score (nSPS) is 14.7. The molecule has 0 atom stereocenters. The van der Waals surface area contributed by atoms with Crippen LogP contribution in [0.4, 0.5) is 5.69 Å². The fraction of sp³-hybridized carbons (Fsp3) is 0.286. The first kappa shape index (κ1) is 17.3. The topological polar surface area (TPSA) is 82.9 Å². The molecule has 1 saturated heterocycles. The van der Waals surface area contributed by atoms with E-state index in [4.69, 9.17) is 4.74 Å². The summed E-state index contributed by atoms with van der Waals surface area (Å²) in [5, 5.41) is 18.7. The molecule has 0 amide bonds. The van der Waals surface area contributed by atoms with Gasteiger partial charge in [0.2, 0.25) is 5.88 Å². The van der Waals surface area contributed by atoms with E-state index in [0.29, 0.717) is 17.5 Å². The van der Waals surface area contributed by atoms with Gasteiger partial charge < -0.3 is 15.4 Å². The van der Waals surface area contributed by atoms with Crippen molar-refractivity contribution >= 4 is 16.5 Å². The number of piperidine rings is 1. The molecule has 1 fully saturated rings. The van der Waals surface area contributed by atoms with E-state index in [1.54, 1.807) is 12.4 Å². The number of ether oxygens (including phenoxy) is 1. The van der Waals surface area contributed by atoms with E-state index in [-0.39, 0.29) is 0 Å². The van der Waals surface area contributed by atoms with Crippen molar-refractivity contribution in [1.82, 2.24) is 15.3 Å². The van der Waals surface area contributed by atoms with Gasteiger partial charge in [-0.05, 0) is 61.1 Å². The molecule has 27 heavy (non-hydrogen) atoms. The van der Waals surface area contributed by atoms with E-state index < -0.39 is 0 Å². The quantitative estimate of drug-likeness (QED) is 0.743. The lowest BCUT2D eigenvalue weighted by Crippen LogP contribution is -2.35. The fourth-order valence-electron chi connectivity index (χ4n) is 3.52. The van der Waals surface area contributed by atoms with Crippen LogP contribution >= 0.6 is 0 Å². The molecule has 0 spiro atoms. The molecule has 2 N–H and O–H groups in total. The molecule has 0 saturated carbocycles. The maximum Gasteiger partial charge on any atom is 0.231 e. The predicted octanol–water partition coefficient (Wildman–Crippen LogP) is 3.34. The molecule has 2 aromatic heterocycles. The highest BCUT2D eigenvalue weighted by molar-refractivity contribution is 5.97. The minimum Gasteiger partial charge on any atom is -0.480 e. The fourth-order valence-corrected chi connectivity index (χ4v) is 3.52. The number of pyridine rings is 2. The third-order valence-corrected chi connectivity index (χ3v) is 4.95. The zero-order valence-electron chi connectivity index (χ0n) is 15.2. The Morgan fingerprint density at radius 1 is 1.19 bits per heavy atom. The zero-order chi connectivity index (χ0) is 18.6. The Morgan fingerprint density at radius 3 is 2.81 bits per heavy atom. The van der Waals surface area contributed by atoms with Crippen molar-refractivity contribution in [2.45, 2.75) is 18.9 Å². The summed E-state index contributed by atoms with van der Waals surface area (Å²) in [6, 6.07) is 10.7. The highest BCUT2D eigenvalue weighted by Crippen LogP contribution is 2.32. The van der Waals surface area contributed by atoms with E-state index >= 15 is 0 Å². The Bertz CT molecular complexity index is 1010. The summed E-state index contributed by atoms with van der Waals surface area (Å²) in [6.45, 7) is 2.06. The van der Waals surface area contributed by atoms with Crippen molar-refractivity contribution in [2.24, 2.45) is 0 Å². The number of hydrogen-bond donors (Lipinski definition) is 2. The lowest BCUT2D eigenvalue weighted by molar-refractivity contribution is 0.396. The molecule has 136 valence electrons. The summed E-state index contributed by atoms with van der Waals surface area (Å²) in [5.41, 5.74) is 3.39. The van der Waals surface area contributed by atoms with Gasteiger partial charge in [0.15, 0.2) is 0 Å². The first-order chi connectivity index (χ1) is 13.3. The van der Waals surface area contributed by atoms with Crippen LogP contribution in [0.2, 0.25) is 0 Å². The van der Waals surface area contributed by atoms with E-state index in [1.165, 1.54) is 7.11 Å². The van der Waals surface area contributed by atoms with E-state index in [1.807, 2.05) is 18.3 Å².